The molecule has 2 N–H and O–H groups in total. The number of aliphatic imine (C=N–C) groups is 1. The van der Waals surface area contributed by atoms with Gasteiger partial charge in [0.2, 0.25) is 0 Å². The highest BCUT2D eigenvalue weighted by atomic mass is 16.5. The molecule has 0 bridgehead atoms. The van der Waals surface area contributed by atoms with Gasteiger partial charge in [-0.05, 0) is 54.2 Å². The van der Waals surface area contributed by atoms with E-state index in [9.17, 15) is 15.6 Å². The summed E-state index contributed by atoms with van der Waals surface area (Å²) < 4.78 is 0. The Morgan fingerprint density at radius 2 is 1.84 bits per heavy atom. The minimum atomic E-state index is -0.545. The van der Waals surface area contributed by atoms with E-state index in [-0.39, 0.29) is 11.0 Å². The summed E-state index contributed by atoms with van der Waals surface area (Å²) >= 11 is 0. The molecule has 3 aromatic rings. The molecule has 190 valence electrons. The van der Waals surface area contributed by atoms with Crippen LogP contribution >= 0.6 is 0 Å². The average molecular weight is 496 g/mol. The maximum atomic E-state index is 13.7. The molecule has 6 rings (SSSR count). The van der Waals surface area contributed by atoms with Gasteiger partial charge >= 0.3 is 0 Å². The minimum absolute atomic E-state index is 0.0350. The van der Waals surface area contributed by atoms with Crippen molar-refractivity contribution in [1.29, 1.82) is 5.26 Å². The number of aliphatic hydroxyl groups excluding tert-OH is 1. The number of pyridine rings is 1. The van der Waals surface area contributed by atoms with Gasteiger partial charge in [0.25, 0.3) is 0 Å². The summed E-state index contributed by atoms with van der Waals surface area (Å²) in [5, 5.41) is 36.6. The number of aromatic nitrogens is 1. The third-order valence-corrected chi connectivity index (χ3v) is 8.73. The number of fused-ring (bicyclic) bond motifs is 3. The van der Waals surface area contributed by atoms with Crippen LogP contribution < -0.4 is 5.06 Å². The molecular weight excluding hydrogens is 462 g/mol. The Morgan fingerprint density at radius 1 is 1.08 bits per heavy atom. The van der Waals surface area contributed by atoms with Gasteiger partial charge in [0.1, 0.15) is 11.1 Å². The molecule has 0 spiro atoms. The molecule has 1 aliphatic carbocycles. The standard InChI is InChI=1S/C30H33N5O2/c31-20-30(28-11-5-6-14-32-28)12-15-34(16-13-30)19-21-17-26-25(23-8-2-1-7-22(21)23)18-33-29(35(26)37)24-9-3-4-10-27(24)36/h1-2,5-8,11,14,17-18,24,27,29,35-36H,3-4,9-10,12-13,15-16,19H2/t24-,27+,29?/m1/s1. The summed E-state index contributed by atoms with van der Waals surface area (Å²) in [7, 11) is 0. The fourth-order valence-corrected chi connectivity index (χ4v) is 6.55. The number of nitriles is 1. The fraction of sp³-hybridized carbons (Fsp3) is 0.433. The molecule has 3 aliphatic rings. The van der Waals surface area contributed by atoms with Gasteiger partial charge < -0.3 is 15.4 Å². The molecule has 2 aliphatic heterocycles. The molecule has 7 heteroatoms. The van der Waals surface area contributed by atoms with E-state index in [1.165, 1.54) is 0 Å². The van der Waals surface area contributed by atoms with Crippen molar-refractivity contribution in [3.05, 3.63) is 76.8 Å². The van der Waals surface area contributed by atoms with Gasteiger partial charge in [-0.25, -0.2) is 4.99 Å². The van der Waals surface area contributed by atoms with Gasteiger partial charge in [0.05, 0.1) is 29.3 Å². The van der Waals surface area contributed by atoms with Crippen LogP contribution in [-0.2, 0) is 12.0 Å². The zero-order valence-corrected chi connectivity index (χ0v) is 21.0. The predicted octanol–water partition coefficient (Wildman–Crippen LogP) is 3.62. The number of quaternary nitrogens is 1. The molecule has 7 nitrogen and oxygen atoms in total. The lowest BCUT2D eigenvalue weighted by atomic mass is 9.76. The number of likely N-dealkylation sites (tertiary alicyclic amines) is 1. The zero-order chi connectivity index (χ0) is 25.4. The minimum Gasteiger partial charge on any atom is -0.627 e. The molecule has 1 saturated carbocycles. The summed E-state index contributed by atoms with van der Waals surface area (Å²) in [5.41, 5.74) is 3.06. The largest absolute Gasteiger partial charge is 0.627 e. The second-order valence-electron chi connectivity index (χ2n) is 10.8. The number of hydroxylamine groups is 1. The van der Waals surface area contributed by atoms with Crippen molar-refractivity contribution in [2.24, 2.45) is 10.9 Å². The first kappa shape index (κ1) is 24.2. The molecule has 1 saturated heterocycles. The van der Waals surface area contributed by atoms with Crippen molar-refractivity contribution in [3.8, 4) is 6.07 Å². The molecule has 1 aromatic heterocycles. The van der Waals surface area contributed by atoms with E-state index >= 15 is 0 Å². The summed E-state index contributed by atoms with van der Waals surface area (Å²) in [4.78, 5) is 11.6. The molecule has 0 amide bonds. The van der Waals surface area contributed by atoms with E-state index in [2.05, 4.69) is 34.2 Å². The summed E-state index contributed by atoms with van der Waals surface area (Å²) in [6.07, 6.45) is 7.77. The zero-order valence-electron chi connectivity index (χ0n) is 21.0. The SMILES string of the molecule is N#CC1(c2ccccn2)CCN(Cc2cc3c(c4ccccc24)C=NC([C@@H]2CCCC[C@@H]2O)[NH+]3[O-])CC1. The van der Waals surface area contributed by atoms with Crippen molar-refractivity contribution >= 4 is 22.7 Å². The maximum Gasteiger partial charge on any atom is 0.190 e. The Kier molecular flexibility index (Phi) is 6.51. The lowest BCUT2D eigenvalue weighted by molar-refractivity contribution is -0.813. The van der Waals surface area contributed by atoms with Gasteiger partial charge in [-0.2, -0.15) is 5.26 Å². The third-order valence-electron chi connectivity index (χ3n) is 8.73. The number of piperidine rings is 1. The molecular formula is C30H33N5O2. The van der Waals surface area contributed by atoms with Crippen molar-refractivity contribution in [2.75, 3.05) is 13.1 Å². The van der Waals surface area contributed by atoms with Crippen LogP contribution in [0, 0.1) is 22.5 Å². The van der Waals surface area contributed by atoms with E-state index in [0.29, 0.717) is 0 Å². The van der Waals surface area contributed by atoms with Crippen LogP contribution in [0.25, 0.3) is 10.8 Å². The molecule has 3 heterocycles. The quantitative estimate of drug-likeness (QED) is 0.539. The van der Waals surface area contributed by atoms with Gasteiger partial charge in [-0.15, -0.1) is 0 Å². The number of benzene rings is 2. The van der Waals surface area contributed by atoms with Crippen LogP contribution in [0.2, 0.25) is 0 Å². The van der Waals surface area contributed by atoms with Crippen LogP contribution in [0.5, 0.6) is 0 Å². The number of hydrogen-bond acceptors (Lipinski definition) is 6. The molecule has 2 aromatic carbocycles. The van der Waals surface area contributed by atoms with Crippen LogP contribution in [-0.4, -0.2) is 46.6 Å². The first-order chi connectivity index (χ1) is 18.1. The first-order valence-electron chi connectivity index (χ1n) is 13.4. The summed E-state index contributed by atoms with van der Waals surface area (Å²) in [6.45, 7) is 2.31. The van der Waals surface area contributed by atoms with Gasteiger partial charge in [-0.1, -0.05) is 43.2 Å². The highest BCUT2D eigenvalue weighted by molar-refractivity contribution is 6.05. The molecule has 2 unspecified atom stereocenters. The third kappa shape index (κ3) is 4.34. The Labute approximate surface area is 217 Å². The lowest BCUT2D eigenvalue weighted by Gasteiger charge is -2.40. The molecule has 2 fully saturated rings. The van der Waals surface area contributed by atoms with Crippen molar-refractivity contribution in [1.82, 2.24) is 9.88 Å². The normalized spacial score (nSPS) is 27.5. The van der Waals surface area contributed by atoms with E-state index in [4.69, 9.17) is 4.99 Å². The lowest BCUT2D eigenvalue weighted by Crippen LogP contribution is -3.08. The van der Waals surface area contributed by atoms with Crippen LogP contribution in [0.3, 0.4) is 0 Å². The van der Waals surface area contributed by atoms with Crippen molar-refractivity contribution < 1.29 is 10.2 Å². The summed E-state index contributed by atoms with van der Waals surface area (Å²) in [5.74, 6) is -0.103. The first-order valence-corrected chi connectivity index (χ1v) is 13.4. The summed E-state index contributed by atoms with van der Waals surface area (Å²) in [6, 6.07) is 18.7. The molecule has 37 heavy (non-hydrogen) atoms. The monoisotopic (exact) mass is 495 g/mol. The Balaban J connectivity index is 1.28. The number of nitrogens with one attached hydrogen (secondary N) is 1. The Hall–Kier alpha value is -3.15. The van der Waals surface area contributed by atoms with Crippen LogP contribution in [0.4, 0.5) is 5.69 Å². The highest BCUT2D eigenvalue weighted by Gasteiger charge is 2.39. The second-order valence-corrected chi connectivity index (χ2v) is 10.8. The Bertz CT molecular complexity index is 1340. The average Bonchev–Trinajstić information content (AvgIpc) is 2.95. The Morgan fingerprint density at radius 3 is 2.57 bits per heavy atom. The van der Waals surface area contributed by atoms with E-state index in [1.54, 1.807) is 6.20 Å². The molecule has 0 radical (unpaired) electrons. The number of aliphatic hydroxyl groups is 1. The van der Waals surface area contributed by atoms with Gasteiger partial charge in [0, 0.05) is 38.1 Å². The maximum absolute atomic E-state index is 13.7. The second kappa shape index (κ2) is 9.96. The van der Waals surface area contributed by atoms with Crippen molar-refractivity contribution in [2.45, 2.75) is 62.8 Å². The predicted molar refractivity (Wildman–Crippen MR) is 143 cm³/mol. The number of rotatable bonds is 4. The number of hydrogen-bond donors (Lipinski definition) is 2. The van der Waals surface area contributed by atoms with Gasteiger partial charge in [0.15, 0.2) is 6.17 Å². The molecule has 4 atom stereocenters. The smallest absolute Gasteiger partial charge is 0.190 e. The van der Waals surface area contributed by atoms with Gasteiger partial charge in [-0.3, -0.25) is 9.88 Å². The van der Waals surface area contributed by atoms with E-state index in [0.717, 1.165) is 91.4 Å². The topological polar surface area (TPSA) is 100 Å². The van der Waals surface area contributed by atoms with Crippen LogP contribution in [0.1, 0.15) is 55.3 Å². The number of nitrogens with zero attached hydrogens (tertiary/aromatic N) is 4. The van der Waals surface area contributed by atoms with Crippen LogP contribution in [0.15, 0.2) is 59.7 Å². The van der Waals surface area contributed by atoms with E-state index in [1.807, 2.05) is 36.5 Å². The van der Waals surface area contributed by atoms with Crippen molar-refractivity contribution in [3.63, 3.8) is 0 Å². The highest BCUT2D eigenvalue weighted by Crippen LogP contribution is 2.36. The fourth-order valence-electron chi connectivity index (χ4n) is 6.55. The van der Waals surface area contributed by atoms with E-state index < -0.39 is 17.7 Å².